The lowest BCUT2D eigenvalue weighted by atomic mass is 9.55. The van der Waals surface area contributed by atoms with Gasteiger partial charge in [-0.2, -0.15) is 0 Å². The summed E-state index contributed by atoms with van der Waals surface area (Å²) in [7, 11) is 0. The Kier molecular flexibility index (Phi) is 4.53. The Morgan fingerprint density at radius 1 is 0.765 bits per heavy atom. The molecule has 1 aliphatic heterocycles. The molecule has 170 valence electrons. The van der Waals surface area contributed by atoms with E-state index in [1.165, 1.54) is 4.90 Å². The van der Waals surface area contributed by atoms with Gasteiger partial charge in [0.05, 0.1) is 11.8 Å². The Labute approximate surface area is 198 Å². The lowest BCUT2D eigenvalue weighted by Gasteiger charge is -2.45. The Morgan fingerprint density at radius 2 is 1.18 bits per heavy atom. The molecule has 0 spiro atoms. The molecule has 34 heavy (non-hydrogen) atoms. The molecule has 1 heterocycles. The van der Waals surface area contributed by atoms with E-state index in [2.05, 4.69) is 29.6 Å². The number of amides is 3. The van der Waals surface area contributed by atoms with Gasteiger partial charge in [-0.05, 0) is 54.2 Å². The van der Waals surface area contributed by atoms with Crippen LogP contribution in [0.4, 0.5) is 5.69 Å². The summed E-state index contributed by atoms with van der Waals surface area (Å²) in [5.41, 5.74) is 8.31. The zero-order valence-electron chi connectivity index (χ0n) is 19.5. The molecule has 1 saturated heterocycles. The number of carbonyl (C=O) groups excluding carboxylic acids is 3. The fourth-order valence-corrected chi connectivity index (χ4v) is 6.59. The highest BCUT2D eigenvalue weighted by Crippen LogP contribution is 2.60. The lowest BCUT2D eigenvalue weighted by Crippen LogP contribution is -2.41. The summed E-state index contributed by atoms with van der Waals surface area (Å²) >= 11 is 0. The second-order valence-corrected chi connectivity index (χ2v) is 9.85. The zero-order chi connectivity index (χ0) is 23.7. The topological polar surface area (TPSA) is 66.5 Å². The highest BCUT2D eigenvalue weighted by molar-refractivity contribution is 6.10. The van der Waals surface area contributed by atoms with Crippen LogP contribution >= 0.6 is 0 Å². The lowest BCUT2D eigenvalue weighted by molar-refractivity contribution is -0.142. The maximum absolute atomic E-state index is 13.7. The normalized spacial score (nSPS) is 24.0. The van der Waals surface area contributed by atoms with Gasteiger partial charge in [-0.1, -0.05) is 66.2 Å². The predicted octanol–water partition coefficient (Wildman–Crippen LogP) is 4.44. The predicted molar refractivity (Wildman–Crippen MR) is 130 cm³/mol. The van der Waals surface area contributed by atoms with Crippen LogP contribution in [-0.2, 0) is 14.4 Å². The second kappa shape index (κ2) is 7.39. The van der Waals surface area contributed by atoms with Gasteiger partial charge in [0.25, 0.3) is 0 Å². The van der Waals surface area contributed by atoms with Crippen molar-refractivity contribution in [2.45, 2.75) is 32.6 Å². The van der Waals surface area contributed by atoms with E-state index in [-0.39, 0.29) is 36.1 Å². The standard InChI is InChI=1S/C29H26N2O3/c1-15-12-16(2)27(17(3)13-15)30-22(32)14-31-28(33)25-23-18-8-4-5-9-19(18)24(26(25)29(31)34)21-11-7-6-10-20(21)23/h4-13,23-26H,14H2,1-3H3,(H,30,32)/t23?,24?,25-,26-/m1/s1. The van der Waals surface area contributed by atoms with E-state index in [1.807, 2.05) is 57.2 Å². The van der Waals surface area contributed by atoms with E-state index in [9.17, 15) is 14.4 Å². The Balaban J connectivity index is 1.34. The summed E-state index contributed by atoms with van der Waals surface area (Å²) in [5, 5.41) is 2.94. The number of hydrogen-bond acceptors (Lipinski definition) is 3. The Bertz CT molecular complexity index is 1250. The maximum atomic E-state index is 13.7. The van der Waals surface area contributed by atoms with Crippen molar-refractivity contribution in [3.05, 3.63) is 99.6 Å². The monoisotopic (exact) mass is 450 g/mol. The van der Waals surface area contributed by atoms with Gasteiger partial charge >= 0.3 is 0 Å². The SMILES string of the molecule is Cc1cc(C)c(NC(=O)CN2C(=O)[C@@H]3C4c5ccccc5C(c5ccccc54)[C@H]3C2=O)c(C)c1. The number of nitrogens with zero attached hydrogens (tertiary/aromatic N) is 1. The molecule has 0 aromatic heterocycles. The van der Waals surface area contributed by atoms with E-state index >= 15 is 0 Å². The molecule has 0 saturated carbocycles. The van der Waals surface area contributed by atoms with E-state index in [0.29, 0.717) is 0 Å². The van der Waals surface area contributed by atoms with Crippen molar-refractivity contribution < 1.29 is 14.4 Å². The molecule has 0 radical (unpaired) electrons. The third kappa shape index (κ3) is 2.82. The van der Waals surface area contributed by atoms with Crippen LogP contribution in [0.1, 0.15) is 50.8 Å². The molecule has 3 amide bonds. The summed E-state index contributed by atoms with van der Waals surface area (Å²) in [4.78, 5) is 41.5. The first-order chi connectivity index (χ1) is 16.4. The molecule has 3 aromatic carbocycles. The number of rotatable bonds is 3. The van der Waals surface area contributed by atoms with Crippen molar-refractivity contribution in [2.75, 3.05) is 11.9 Å². The smallest absolute Gasteiger partial charge is 0.244 e. The number of aryl methyl sites for hydroxylation is 3. The van der Waals surface area contributed by atoms with Gasteiger partial charge in [0.15, 0.2) is 0 Å². The van der Waals surface area contributed by atoms with Gasteiger partial charge in [0.1, 0.15) is 6.54 Å². The largest absolute Gasteiger partial charge is 0.324 e. The molecular formula is C29H26N2O3. The maximum Gasteiger partial charge on any atom is 0.244 e. The van der Waals surface area contributed by atoms with Crippen LogP contribution in [0.15, 0.2) is 60.7 Å². The molecule has 1 N–H and O–H groups in total. The highest BCUT2D eigenvalue weighted by Gasteiger charge is 2.61. The van der Waals surface area contributed by atoms with E-state index in [0.717, 1.165) is 44.6 Å². The second-order valence-electron chi connectivity index (χ2n) is 9.85. The number of hydrogen-bond donors (Lipinski definition) is 1. The number of anilines is 1. The molecule has 3 aliphatic carbocycles. The summed E-state index contributed by atoms with van der Waals surface area (Å²) in [6, 6.07) is 20.3. The van der Waals surface area contributed by atoms with Crippen molar-refractivity contribution >= 4 is 23.4 Å². The van der Waals surface area contributed by atoms with Crippen molar-refractivity contribution in [3.8, 4) is 0 Å². The Morgan fingerprint density at radius 3 is 1.59 bits per heavy atom. The number of likely N-dealkylation sites (tertiary alicyclic amines) is 1. The summed E-state index contributed by atoms with van der Waals surface area (Å²) in [6.07, 6.45) is 0. The molecule has 5 nitrogen and oxygen atoms in total. The fourth-order valence-electron chi connectivity index (χ4n) is 6.59. The van der Waals surface area contributed by atoms with Crippen LogP contribution in [0.3, 0.4) is 0 Å². The molecule has 2 bridgehead atoms. The van der Waals surface area contributed by atoms with Gasteiger partial charge in [-0.3, -0.25) is 19.3 Å². The molecule has 5 heteroatoms. The van der Waals surface area contributed by atoms with Gasteiger partial charge in [-0.15, -0.1) is 0 Å². The van der Waals surface area contributed by atoms with Crippen LogP contribution in [-0.4, -0.2) is 29.2 Å². The zero-order valence-corrected chi connectivity index (χ0v) is 19.5. The molecule has 4 aliphatic rings. The number of nitrogens with one attached hydrogen (secondary N) is 1. The third-order valence-corrected chi connectivity index (χ3v) is 7.78. The average molecular weight is 451 g/mol. The minimum atomic E-state index is -0.460. The van der Waals surface area contributed by atoms with E-state index in [1.54, 1.807) is 0 Å². The first kappa shape index (κ1) is 20.8. The molecule has 7 rings (SSSR count). The average Bonchev–Trinajstić information content (AvgIpc) is 3.07. The van der Waals surface area contributed by atoms with Gasteiger partial charge in [0, 0.05) is 17.5 Å². The van der Waals surface area contributed by atoms with Crippen LogP contribution in [0.5, 0.6) is 0 Å². The third-order valence-electron chi connectivity index (χ3n) is 7.78. The summed E-state index contributed by atoms with van der Waals surface area (Å²) in [6.45, 7) is 5.65. The van der Waals surface area contributed by atoms with Gasteiger partial charge < -0.3 is 5.32 Å². The molecular weight excluding hydrogens is 424 g/mol. The molecule has 0 unspecified atom stereocenters. The summed E-state index contributed by atoms with van der Waals surface area (Å²) in [5.74, 6) is -2.06. The van der Waals surface area contributed by atoms with Crippen molar-refractivity contribution in [2.24, 2.45) is 11.8 Å². The van der Waals surface area contributed by atoms with Crippen molar-refractivity contribution in [1.82, 2.24) is 4.90 Å². The quantitative estimate of drug-likeness (QED) is 0.600. The van der Waals surface area contributed by atoms with E-state index in [4.69, 9.17) is 0 Å². The van der Waals surface area contributed by atoms with Crippen LogP contribution in [0.2, 0.25) is 0 Å². The van der Waals surface area contributed by atoms with Crippen molar-refractivity contribution in [3.63, 3.8) is 0 Å². The van der Waals surface area contributed by atoms with Crippen LogP contribution in [0.25, 0.3) is 0 Å². The van der Waals surface area contributed by atoms with E-state index < -0.39 is 11.8 Å². The minimum Gasteiger partial charge on any atom is -0.324 e. The minimum absolute atomic E-state index is 0.159. The number of imide groups is 1. The van der Waals surface area contributed by atoms with Gasteiger partial charge in [-0.25, -0.2) is 0 Å². The first-order valence-electron chi connectivity index (χ1n) is 11.8. The first-order valence-corrected chi connectivity index (χ1v) is 11.8. The van der Waals surface area contributed by atoms with Crippen LogP contribution < -0.4 is 5.32 Å². The number of benzene rings is 3. The van der Waals surface area contributed by atoms with Gasteiger partial charge in [0.2, 0.25) is 17.7 Å². The molecule has 2 atom stereocenters. The fraction of sp³-hybridized carbons (Fsp3) is 0.276. The highest BCUT2D eigenvalue weighted by atomic mass is 16.2. The molecule has 1 fully saturated rings. The van der Waals surface area contributed by atoms with Crippen LogP contribution in [0, 0.1) is 32.6 Å². The Hall–Kier alpha value is -3.73. The number of carbonyl (C=O) groups is 3. The van der Waals surface area contributed by atoms with Crippen molar-refractivity contribution in [1.29, 1.82) is 0 Å². The summed E-state index contributed by atoms with van der Waals surface area (Å²) < 4.78 is 0. The molecule has 3 aromatic rings.